The van der Waals surface area contributed by atoms with Gasteiger partial charge in [-0.1, -0.05) is 44.2 Å². The van der Waals surface area contributed by atoms with E-state index in [4.69, 9.17) is 5.73 Å². The Morgan fingerprint density at radius 3 is 2.56 bits per heavy atom. The van der Waals surface area contributed by atoms with Gasteiger partial charge in [0.1, 0.15) is 5.82 Å². The minimum Gasteiger partial charge on any atom is -0.342 e. The van der Waals surface area contributed by atoms with E-state index in [0.29, 0.717) is 18.4 Å². The maximum atomic E-state index is 5.84. The first-order chi connectivity index (χ1) is 8.70. The normalized spacial score (nSPS) is 12.9. The molecule has 1 unspecified atom stereocenters. The van der Waals surface area contributed by atoms with E-state index in [0.717, 1.165) is 23.5 Å². The van der Waals surface area contributed by atoms with Crippen LogP contribution in [0.25, 0.3) is 11.3 Å². The lowest BCUT2D eigenvalue weighted by molar-refractivity contribution is 0.490. The second-order valence-corrected chi connectivity index (χ2v) is 5.11. The Bertz CT molecular complexity index is 473. The van der Waals surface area contributed by atoms with Gasteiger partial charge in [0.05, 0.1) is 11.9 Å². The third kappa shape index (κ3) is 2.99. The van der Waals surface area contributed by atoms with E-state index in [1.165, 1.54) is 0 Å². The van der Waals surface area contributed by atoms with Crippen LogP contribution in [0.2, 0.25) is 0 Å². The molecule has 0 saturated carbocycles. The van der Waals surface area contributed by atoms with Crippen molar-refractivity contribution in [3.8, 4) is 11.3 Å². The van der Waals surface area contributed by atoms with E-state index < -0.39 is 0 Å². The van der Waals surface area contributed by atoms with Gasteiger partial charge in [0.25, 0.3) is 0 Å². The van der Waals surface area contributed by atoms with Gasteiger partial charge in [0.2, 0.25) is 0 Å². The molecule has 0 saturated heterocycles. The molecule has 96 valence electrons. The molecule has 1 heterocycles. The maximum absolute atomic E-state index is 5.84. The summed E-state index contributed by atoms with van der Waals surface area (Å²) in [5.74, 6) is 1.95. The fraction of sp³-hybridized carbons (Fsp3) is 0.400. The molecule has 3 heteroatoms. The Kier molecular flexibility index (Phi) is 4.15. The van der Waals surface area contributed by atoms with Gasteiger partial charge in [-0.25, -0.2) is 4.98 Å². The van der Waals surface area contributed by atoms with Crippen LogP contribution in [-0.2, 0) is 0 Å². The molecule has 3 N–H and O–H groups in total. The first kappa shape index (κ1) is 12.8. The molecule has 0 aliphatic heterocycles. The fourth-order valence-electron chi connectivity index (χ4n) is 2.20. The first-order valence-corrected chi connectivity index (χ1v) is 6.51. The Hall–Kier alpha value is -1.61. The van der Waals surface area contributed by atoms with Crippen LogP contribution in [0.3, 0.4) is 0 Å². The van der Waals surface area contributed by atoms with Gasteiger partial charge in [-0.2, -0.15) is 0 Å². The lowest BCUT2D eigenvalue weighted by Gasteiger charge is -2.14. The molecule has 0 aliphatic rings. The number of nitrogens with two attached hydrogens (primary N) is 1. The summed E-state index contributed by atoms with van der Waals surface area (Å²) in [4.78, 5) is 7.88. The number of aromatic amines is 1. The Morgan fingerprint density at radius 1 is 1.22 bits per heavy atom. The lowest BCUT2D eigenvalue weighted by atomic mass is 9.97. The van der Waals surface area contributed by atoms with Gasteiger partial charge < -0.3 is 10.7 Å². The Morgan fingerprint density at radius 2 is 1.94 bits per heavy atom. The van der Waals surface area contributed by atoms with Crippen LogP contribution in [0.15, 0.2) is 36.5 Å². The van der Waals surface area contributed by atoms with Gasteiger partial charge >= 0.3 is 0 Å². The molecular weight excluding hydrogens is 222 g/mol. The van der Waals surface area contributed by atoms with Crippen LogP contribution in [0, 0.1) is 5.92 Å². The summed E-state index contributed by atoms with van der Waals surface area (Å²) in [6.45, 7) is 5.06. The van der Waals surface area contributed by atoms with E-state index in [2.05, 4.69) is 35.9 Å². The second kappa shape index (κ2) is 5.83. The van der Waals surface area contributed by atoms with Crippen molar-refractivity contribution in [1.82, 2.24) is 9.97 Å². The third-order valence-corrected chi connectivity index (χ3v) is 3.11. The summed E-state index contributed by atoms with van der Waals surface area (Å²) in [7, 11) is 0. The summed E-state index contributed by atoms with van der Waals surface area (Å²) in [5, 5.41) is 0. The summed E-state index contributed by atoms with van der Waals surface area (Å²) in [5.41, 5.74) is 8.07. The van der Waals surface area contributed by atoms with Crippen molar-refractivity contribution in [2.24, 2.45) is 11.7 Å². The summed E-state index contributed by atoms with van der Waals surface area (Å²) in [6, 6.07) is 10.2. The molecule has 0 bridgehead atoms. The van der Waals surface area contributed by atoms with Crippen molar-refractivity contribution in [1.29, 1.82) is 0 Å². The van der Waals surface area contributed by atoms with Crippen LogP contribution in [-0.4, -0.2) is 16.5 Å². The summed E-state index contributed by atoms with van der Waals surface area (Å²) < 4.78 is 0. The molecule has 2 aromatic rings. The lowest BCUT2D eigenvalue weighted by Crippen LogP contribution is -2.15. The van der Waals surface area contributed by atoms with E-state index in [1.54, 1.807) is 0 Å². The van der Waals surface area contributed by atoms with Crippen molar-refractivity contribution in [2.45, 2.75) is 26.2 Å². The van der Waals surface area contributed by atoms with E-state index in [9.17, 15) is 0 Å². The monoisotopic (exact) mass is 243 g/mol. The highest BCUT2D eigenvalue weighted by Crippen LogP contribution is 2.23. The molecule has 18 heavy (non-hydrogen) atoms. The second-order valence-electron chi connectivity index (χ2n) is 5.11. The zero-order valence-corrected chi connectivity index (χ0v) is 11.1. The molecule has 0 amide bonds. The molecule has 0 radical (unpaired) electrons. The topological polar surface area (TPSA) is 54.7 Å². The van der Waals surface area contributed by atoms with Gasteiger partial charge in [-0.05, 0) is 17.9 Å². The summed E-state index contributed by atoms with van der Waals surface area (Å²) >= 11 is 0. The number of hydrogen-bond acceptors (Lipinski definition) is 2. The molecule has 1 aromatic heterocycles. The zero-order valence-electron chi connectivity index (χ0n) is 11.1. The average molecular weight is 243 g/mol. The largest absolute Gasteiger partial charge is 0.342 e. The molecule has 0 fully saturated rings. The molecule has 1 aromatic carbocycles. The van der Waals surface area contributed by atoms with Gasteiger partial charge in [0.15, 0.2) is 0 Å². The van der Waals surface area contributed by atoms with Crippen LogP contribution in [0.4, 0.5) is 0 Å². The molecular formula is C15H21N3. The number of benzene rings is 1. The predicted molar refractivity (Wildman–Crippen MR) is 75.3 cm³/mol. The first-order valence-electron chi connectivity index (χ1n) is 6.51. The average Bonchev–Trinajstić information content (AvgIpc) is 2.86. The molecule has 1 atom stereocenters. The number of rotatable bonds is 5. The van der Waals surface area contributed by atoms with Crippen LogP contribution < -0.4 is 5.73 Å². The Labute approximate surface area is 108 Å². The molecule has 2 rings (SSSR count). The highest BCUT2D eigenvalue weighted by molar-refractivity contribution is 5.58. The fourth-order valence-corrected chi connectivity index (χ4v) is 2.20. The smallest absolute Gasteiger partial charge is 0.110 e. The SMILES string of the molecule is CC(C)CC(CN)c1ncc(-c2ccccc2)[nH]1. The predicted octanol–water partition coefficient (Wildman–Crippen LogP) is 3.17. The maximum Gasteiger partial charge on any atom is 0.110 e. The third-order valence-electron chi connectivity index (χ3n) is 3.11. The quantitative estimate of drug-likeness (QED) is 0.847. The van der Waals surface area contributed by atoms with E-state index in [1.807, 2.05) is 24.4 Å². The minimum atomic E-state index is 0.322. The number of nitrogens with zero attached hydrogens (tertiary/aromatic N) is 1. The number of imidazole rings is 1. The number of H-pyrrole nitrogens is 1. The van der Waals surface area contributed by atoms with Gasteiger partial charge in [0, 0.05) is 12.5 Å². The van der Waals surface area contributed by atoms with Crippen molar-refractivity contribution in [3.63, 3.8) is 0 Å². The minimum absolute atomic E-state index is 0.322. The van der Waals surface area contributed by atoms with Crippen molar-refractivity contribution in [3.05, 3.63) is 42.4 Å². The summed E-state index contributed by atoms with van der Waals surface area (Å²) in [6.07, 6.45) is 2.96. The van der Waals surface area contributed by atoms with Crippen molar-refractivity contribution in [2.75, 3.05) is 6.54 Å². The number of nitrogens with one attached hydrogen (secondary N) is 1. The Balaban J connectivity index is 2.19. The van der Waals surface area contributed by atoms with E-state index in [-0.39, 0.29) is 0 Å². The molecule has 0 spiro atoms. The highest BCUT2D eigenvalue weighted by Gasteiger charge is 2.15. The van der Waals surface area contributed by atoms with Crippen LogP contribution in [0.1, 0.15) is 32.0 Å². The highest BCUT2D eigenvalue weighted by atomic mass is 14.9. The van der Waals surface area contributed by atoms with Crippen LogP contribution >= 0.6 is 0 Å². The standard InChI is InChI=1S/C15H21N3/c1-11(2)8-13(9-16)15-17-10-14(18-15)12-6-4-3-5-7-12/h3-7,10-11,13H,8-9,16H2,1-2H3,(H,17,18). The molecule has 0 aliphatic carbocycles. The van der Waals surface area contributed by atoms with Crippen LogP contribution in [0.5, 0.6) is 0 Å². The number of hydrogen-bond donors (Lipinski definition) is 2. The zero-order chi connectivity index (χ0) is 13.0. The van der Waals surface area contributed by atoms with Crippen molar-refractivity contribution >= 4 is 0 Å². The molecule has 3 nitrogen and oxygen atoms in total. The van der Waals surface area contributed by atoms with E-state index >= 15 is 0 Å². The van der Waals surface area contributed by atoms with Crippen molar-refractivity contribution < 1.29 is 0 Å². The van der Waals surface area contributed by atoms with Gasteiger partial charge in [-0.3, -0.25) is 0 Å². The number of aromatic nitrogens is 2. The van der Waals surface area contributed by atoms with Gasteiger partial charge in [-0.15, -0.1) is 0 Å².